The molecule has 1 aliphatic rings. The smallest absolute Gasteiger partial charge is 0.335 e. The Labute approximate surface area is 145 Å². The first-order valence-electron chi connectivity index (χ1n) is 8.35. The Hall–Kier alpha value is -2.89. The molecule has 2 aromatic rings. The van der Waals surface area contributed by atoms with Crippen LogP contribution in [0.1, 0.15) is 28.8 Å². The van der Waals surface area contributed by atoms with Crippen molar-refractivity contribution in [2.24, 2.45) is 5.92 Å². The molecule has 0 aromatic heterocycles. The summed E-state index contributed by atoms with van der Waals surface area (Å²) in [5.41, 5.74) is 1.63. The van der Waals surface area contributed by atoms with Crippen molar-refractivity contribution in [2.45, 2.75) is 19.3 Å². The number of aromatic carboxylic acids is 1. The number of hydrogen-bond acceptors (Lipinski definition) is 4. The van der Waals surface area contributed by atoms with Crippen LogP contribution in [0.2, 0.25) is 0 Å². The summed E-state index contributed by atoms with van der Waals surface area (Å²) < 4.78 is 0. The van der Waals surface area contributed by atoms with Crippen molar-refractivity contribution in [3.05, 3.63) is 69.8 Å². The summed E-state index contributed by atoms with van der Waals surface area (Å²) in [6.45, 7) is 1.48. The van der Waals surface area contributed by atoms with Gasteiger partial charge in [-0.2, -0.15) is 0 Å². The first kappa shape index (κ1) is 17.0. The van der Waals surface area contributed by atoms with Gasteiger partial charge in [0.15, 0.2) is 0 Å². The highest BCUT2D eigenvalue weighted by atomic mass is 16.6. The van der Waals surface area contributed by atoms with Gasteiger partial charge in [-0.1, -0.05) is 30.3 Å². The molecule has 130 valence electrons. The van der Waals surface area contributed by atoms with E-state index in [-0.39, 0.29) is 11.3 Å². The van der Waals surface area contributed by atoms with E-state index in [1.54, 1.807) is 6.07 Å². The van der Waals surface area contributed by atoms with E-state index in [4.69, 9.17) is 5.11 Å². The van der Waals surface area contributed by atoms with E-state index in [1.165, 1.54) is 11.6 Å². The van der Waals surface area contributed by atoms with E-state index < -0.39 is 10.9 Å². The van der Waals surface area contributed by atoms with Crippen molar-refractivity contribution in [3.63, 3.8) is 0 Å². The average Bonchev–Trinajstić information content (AvgIpc) is 2.62. The summed E-state index contributed by atoms with van der Waals surface area (Å²) in [4.78, 5) is 23.9. The number of piperidine rings is 1. The maximum Gasteiger partial charge on any atom is 0.335 e. The lowest BCUT2D eigenvalue weighted by atomic mass is 9.90. The van der Waals surface area contributed by atoms with Gasteiger partial charge in [0.2, 0.25) is 0 Å². The number of carboxylic acid groups (broad SMARTS) is 1. The molecule has 0 spiro atoms. The molecule has 2 aromatic carbocycles. The van der Waals surface area contributed by atoms with E-state index in [2.05, 4.69) is 12.1 Å². The van der Waals surface area contributed by atoms with E-state index in [1.807, 2.05) is 23.1 Å². The molecule has 1 N–H and O–H groups in total. The molecule has 3 rings (SSSR count). The molecule has 0 aliphatic carbocycles. The third-order valence-electron chi connectivity index (χ3n) is 4.74. The monoisotopic (exact) mass is 340 g/mol. The molecule has 1 saturated heterocycles. The second-order valence-corrected chi connectivity index (χ2v) is 6.39. The molecule has 0 unspecified atom stereocenters. The van der Waals surface area contributed by atoms with Crippen molar-refractivity contribution < 1.29 is 14.8 Å². The van der Waals surface area contributed by atoms with Crippen LogP contribution in [0.5, 0.6) is 0 Å². The zero-order valence-electron chi connectivity index (χ0n) is 13.8. The summed E-state index contributed by atoms with van der Waals surface area (Å²) in [6, 6.07) is 14.5. The number of carbonyl (C=O) groups is 1. The number of nitro groups is 1. The lowest BCUT2D eigenvalue weighted by molar-refractivity contribution is -0.384. The number of rotatable bonds is 5. The van der Waals surface area contributed by atoms with Crippen LogP contribution in [0.15, 0.2) is 48.5 Å². The maximum absolute atomic E-state index is 11.3. The normalized spacial score (nSPS) is 15.1. The van der Waals surface area contributed by atoms with Crippen molar-refractivity contribution >= 4 is 17.3 Å². The highest BCUT2D eigenvalue weighted by Crippen LogP contribution is 2.33. The second-order valence-electron chi connectivity index (χ2n) is 6.39. The maximum atomic E-state index is 11.3. The van der Waals surface area contributed by atoms with Crippen molar-refractivity contribution in [3.8, 4) is 0 Å². The van der Waals surface area contributed by atoms with Gasteiger partial charge in [0.25, 0.3) is 5.69 Å². The Kier molecular flexibility index (Phi) is 4.97. The zero-order valence-corrected chi connectivity index (χ0v) is 13.8. The number of nitro benzene ring substituents is 1. The molecule has 0 radical (unpaired) electrons. The number of benzene rings is 2. The molecule has 0 atom stereocenters. The summed E-state index contributed by atoms with van der Waals surface area (Å²) in [6.07, 6.45) is 2.95. The van der Waals surface area contributed by atoms with Gasteiger partial charge < -0.3 is 10.0 Å². The Morgan fingerprint density at radius 2 is 1.84 bits per heavy atom. The molecule has 6 nitrogen and oxygen atoms in total. The Morgan fingerprint density at radius 3 is 2.44 bits per heavy atom. The van der Waals surface area contributed by atoms with Crippen LogP contribution in [0.3, 0.4) is 0 Å². The summed E-state index contributed by atoms with van der Waals surface area (Å²) in [5.74, 6) is -0.591. The molecule has 0 saturated carbocycles. The van der Waals surface area contributed by atoms with Gasteiger partial charge >= 0.3 is 5.97 Å². The molecule has 1 heterocycles. The van der Waals surface area contributed by atoms with E-state index in [0.29, 0.717) is 11.6 Å². The SMILES string of the molecule is O=C(O)c1ccc(N2CCC(Cc3ccccc3)CC2)c([N+](=O)[O-])c1. The topological polar surface area (TPSA) is 83.7 Å². The largest absolute Gasteiger partial charge is 0.478 e. The third kappa shape index (κ3) is 3.96. The Balaban J connectivity index is 1.70. The van der Waals surface area contributed by atoms with Crippen LogP contribution in [0.25, 0.3) is 0 Å². The predicted molar refractivity (Wildman–Crippen MR) is 95.1 cm³/mol. The molecule has 25 heavy (non-hydrogen) atoms. The molecular formula is C19H20N2O4. The third-order valence-corrected chi connectivity index (χ3v) is 4.74. The highest BCUT2D eigenvalue weighted by molar-refractivity contribution is 5.89. The quantitative estimate of drug-likeness (QED) is 0.662. The van der Waals surface area contributed by atoms with Crippen LogP contribution in [-0.2, 0) is 6.42 Å². The van der Waals surface area contributed by atoms with Gasteiger partial charge in [0.05, 0.1) is 10.5 Å². The van der Waals surface area contributed by atoms with Crippen molar-refractivity contribution in [1.82, 2.24) is 0 Å². The lowest BCUT2D eigenvalue weighted by Crippen LogP contribution is -2.34. The fraction of sp³-hybridized carbons (Fsp3) is 0.316. The molecule has 6 heteroatoms. The fourth-order valence-electron chi connectivity index (χ4n) is 3.40. The zero-order chi connectivity index (χ0) is 17.8. The number of anilines is 1. The predicted octanol–water partition coefficient (Wildman–Crippen LogP) is 3.75. The van der Waals surface area contributed by atoms with Gasteiger partial charge in [-0.25, -0.2) is 4.79 Å². The van der Waals surface area contributed by atoms with Crippen LogP contribution in [0, 0.1) is 16.0 Å². The van der Waals surface area contributed by atoms with E-state index in [0.717, 1.165) is 38.4 Å². The molecule has 0 amide bonds. The molecule has 1 fully saturated rings. The minimum absolute atomic E-state index is 0.0607. The van der Waals surface area contributed by atoms with Crippen LogP contribution >= 0.6 is 0 Å². The summed E-state index contributed by atoms with van der Waals surface area (Å²) >= 11 is 0. The van der Waals surface area contributed by atoms with Gasteiger partial charge in [0, 0.05) is 19.2 Å². The van der Waals surface area contributed by atoms with E-state index in [9.17, 15) is 14.9 Å². The second kappa shape index (κ2) is 7.34. The number of carboxylic acids is 1. The summed E-state index contributed by atoms with van der Waals surface area (Å²) in [7, 11) is 0. The van der Waals surface area contributed by atoms with Gasteiger partial charge in [-0.3, -0.25) is 10.1 Å². The molecular weight excluding hydrogens is 320 g/mol. The molecule has 1 aliphatic heterocycles. The minimum Gasteiger partial charge on any atom is -0.478 e. The average molecular weight is 340 g/mol. The van der Waals surface area contributed by atoms with Gasteiger partial charge in [0.1, 0.15) is 5.69 Å². The fourth-order valence-corrected chi connectivity index (χ4v) is 3.40. The van der Waals surface area contributed by atoms with Crippen molar-refractivity contribution in [1.29, 1.82) is 0 Å². The highest BCUT2D eigenvalue weighted by Gasteiger charge is 2.26. The lowest BCUT2D eigenvalue weighted by Gasteiger charge is -2.33. The van der Waals surface area contributed by atoms with Crippen LogP contribution in [0.4, 0.5) is 11.4 Å². The number of hydrogen-bond donors (Lipinski definition) is 1. The first-order chi connectivity index (χ1) is 12.0. The first-order valence-corrected chi connectivity index (χ1v) is 8.35. The number of nitrogens with zero attached hydrogens (tertiary/aromatic N) is 2. The summed E-state index contributed by atoms with van der Waals surface area (Å²) in [5, 5.41) is 20.4. The van der Waals surface area contributed by atoms with Crippen LogP contribution < -0.4 is 4.90 Å². The Morgan fingerprint density at radius 1 is 1.16 bits per heavy atom. The van der Waals surface area contributed by atoms with Gasteiger partial charge in [-0.05, 0) is 42.9 Å². The standard InChI is InChI=1S/C19H20N2O4/c22-19(23)16-6-7-17(18(13-16)21(24)25)20-10-8-15(9-11-20)12-14-4-2-1-3-5-14/h1-7,13,15H,8-12H2,(H,22,23). The van der Waals surface area contributed by atoms with Crippen molar-refractivity contribution in [2.75, 3.05) is 18.0 Å². The minimum atomic E-state index is -1.16. The van der Waals surface area contributed by atoms with Crippen LogP contribution in [-0.4, -0.2) is 29.1 Å². The Bertz CT molecular complexity index is 768. The van der Waals surface area contributed by atoms with Gasteiger partial charge in [-0.15, -0.1) is 0 Å². The molecule has 0 bridgehead atoms. The van der Waals surface area contributed by atoms with E-state index >= 15 is 0 Å².